The molecule has 0 amide bonds. The second-order valence-corrected chi connectivity index (χ2v) is 6.60. The summed E-state index contributed by atoms with van der Waals surface area (Å²) in [6, 6.07) is 10.6. The Kier molecular flexibility index (Phi) is 3.03. The maximum Gasteiger partial charge on any atom is 0.119 e. The second-order valence-electron chi connectivity index (χ2n) is 6.60. The fourth-order valence-electron chi connectivity index (χ4n) is 4.56. The zero-order chi connectivity index (χ0) is 15.3. The largest absolute Gasteiger partial charge is 0.508 e. The lowest BCUT2D eigenvalue weighted by molar-refractivity contribution is 0.341. The van der Waals surface area contributed by atoms with E-state index in [4.69, 9.17) is 0 Å². The monoisotopic (exact) mass is 296 g/mol. The molecule has 3 heteroatoms. The molecule has 0 heterocycles. The van der Waals surface area contributed by atoms with Crippen molar-refractivity contribution in [3.8, 4) is 17.2 Å². The van der Waals surface area contributed by atoms with E-state index in [-0.39, 0.29) is 5.75 Å². The van der Waals surface area contributed by atoms with Crippen molar-refractivity contribution in [1.29, 1.82) is 0 Å². The van der Waals surface area contributed by atoms with Gasteiger partial charge >= 0.3 is 0 Å². The normalized spacial score (nSPS) is 26.5. The molecule has 1 saturated carbocycles. The van der Waals surface area contributed by atoms with Gasteiger partial charge in [-0.15, -0.1) is 0 Å². The lowest BCUT2D eigenvalue weighted by Crippen LogP contribution is -2.25. The summed E-state index contributed by atoms with van der Waals surface area (Å²) in [4.78, 5) is 0. The molecule has 1 fully saturated rings. The summed E-state index contributed by atoms with van der Waals surface area (Å²) in [5.41, 5.74) is 3.09. The first-order valence-electron chi connectivity index (χ1n) is 7.98. The molecule has 3 atom stereocenters. The van der Waals surface area contributed by atoms with E-state index >= 15 is 0 Å². The van der Waals surface area contributed by atoms with Crippen molar-refractivity contribution >= 4 is 0 Å². The van der Waals surface area contributed by atoms with Crippen LogP contribution in [-0.2, 0) is 6.42 Å². The van der Waals surface area contributed by atoms with Crippen LogP contribution in [-0.4, -0.2) is 15.3 Å². The van der Waals surface area contributed by atoms with E-state index in [1.165, 1.54) is 12.0 Å². The quantitative estimate of drug-likeness (QED) is 0.696. The molecule has 0 aliphatic heterocycles. The number of hydrogen-bond acceptors (Lipinski definition) is 3. The van der Waals surface area contributed by atoms with Gasteiger partial charge in [-0.05, 0) is 66.8 Å². The van der Waals surface area contributed by atoms with Crippen molar-refractivity contribution < 1.29 is 15.3 Å². The number of hydrogen-bond donors (Lipinski definition) is 3. The molecular formula is C19H20O3. The lowest BCUT2D eigenvalue weighted by Gasteiger charge is -2.36. The molecule has 2 aromatic rings. The molecule has 2 aliphatic rings. The Hall–Kier alpha value is -2.16. The van der Waals surface area contributed by atoms with Gasteiger partial charge in [0.15, 0.2) is 0 Å². The van der Waals surface area contributed by atoms with Crippen LogP contribution in [0.1, 0.15) is 47.8 Å². The Labute approximate surface area is 129 Å². The number of phenolic OH excluding ortho intramolecular Hbond substituents is 3. The zero-order valence-corrected chi connectivity index (χ0v) is 12.4. The average Bonchev–Trinajstić information content (AvgIpc) is 3.00. The van der Waals surface area contributed by atoms with E-state index in [0.717, 1.165) is 30.4 Å². The van der Waals surface area contributed by atoms with Crippen LogP contribution in [0.25, 0.3) is 0 Å². The van der Waals surface area contributed by atoms with Crippen molar-refractivity contribution in [3.05, 3.63) is 53.1 Å². The highest BCUT2D eigenvalue weighted by Crippen LogP contribution is 2.56. The predicted octanol–water partition coefficient (Wildman–Crippen LogP) is 4.03. The predicted molar refractivity (Wildman–Crippen MR) is 84.4 cm³/mol. The summed E-state index contributed by atoms with van der Waals surface area (Å²) in [7, 11) is 0. The SMILES string of the molecule is Oc1ccc(C2Cc3c(O)ccc(O)c3C3CCCC23)cc1. The van der Waals surface area contributed by atoms with E-state index in [0.29, 0.717) is 29.3 Å². The maximum absolute atomic E-state index is 10.3. The number of phenols is 3. The summed E-state index contributed by atoms with van der Waals surface area (Å²) >= 11 is 0. The summed E-state index contributed by atoms with van der Waals surface area (Å²) in [6.45, 7) is 0. The van der Waals surface area contributed by atoms with E-state index in [1.807, 2.05) is 12.1 Å². The van der Waals surface area contributed by atoms with Crippen LogP contribution in [0.2, 0.25) is 0 Å². The van der Waals surface area contributed by atoms with Crippen molar-refractivity contribution in [1.82, 2.24) is 0 Å². The summed E-state index contributed by atoms with van der Waals surface area (Å²) in [5.74, 6) is 2.08. The summed E-state index contributed by atoms with van der Waals surface area (Å²) < 4.78 is 0. The minimum atomic E-state index is 0.281. The van der Waals surface area contributed by atoms with Gasteiger partial charge in [0.05, 0.1) is 0 Å². The minimum Gasteiger partial charge on any atom is -0.508 e. The molecule has 3 nitrogen and oxygen atoms in total. The summed E-state index contributed by atoms with van der Waals surface area (Å²) in [5, 5.41) is 30.0. The number of rotatable bonds is 1. The first kappa shape index (κ1) is 13.5. The topological polar surface area (TPSA) is 60.7 Å². The summed E-state index contributed by atoms with van der Waals surface area (Å²) in [6.07, 6.45) is 4.15. The standard InChI is InChI=1S/C19H20O3/c20-12-6-4-11(5-7-12)15-10-16-17(21)8-9-18(22)19(16)14-3-1-2-13(14)15/h4-9,13-15,20-22H,1-3,10H2. The molecule has 0 bridgehead atoms. The van der Waals surface area contributed by atoms with Crippen LogP contribution in [0, 0.1) is 5.92 Å². The van der Waals surface area contributed by atoms with Crippen molar-refractivity contribution in [3.63, 3.8) is 0 Å². The maximum atomic E-state index is 10.3. The van der Waals surface area contributed by atoms with E-state index < -0.39 is 0 Å². The van der Waals surface area contributed by atoms with Crippen molar-refractivity contribution in [2.24, 2.45) is 5.92 Å². The fourth-order valence-corrected chi connectivity index (χ4v) is 4.56. The molecular weight excluding hydrogens is 276 g/mol. The molecule has 0 aromatic heterocycles. The zero-order valence-electron chi connectivity index (χ0n) is 12.4. The molecule has 114 valence electrons. The van der Waals surface area contributed by atoms with Gasteiger partial charge in [0, 0.05) is 11.1 Å². The number of aromatic hydroxyl groups is 3. The van der Waals surface area contributed by atoms with Gasteiger partial charge in [-0.2, -0.15) is 0 Å². The first-order valence-corrected chi connectivity index (χ1v) is 7.98. The van der Waals surface area contributed by atoms with Crippen LogP contribution >= 0.6 is 0 Å². The molecule has 4 rings (SSSR count). The molecule has 0 saturated heterocycles. The third-order valence-electron chi connectivity index (χ3n) is 5.51. The van der Waals surface area contributed by atoms with Gasteiger partial charge in [-0.3, -0.25) is 0 Å². The highest BCUT2D eigenvalue weighted by molar-refractivity contribution is 5.53. The van der Waals surface area contributed by atoms with Crippen molar-refractivity contribution in [2.45, 2.75) is 37.5 Å². The highest BCUT2D eigenvalue weighted by Gasteiger charge is 2.42. The fraction of sp³-hybridized carbons (Fsp3) is 0.368. The van der Waals surface area contributed by atoms with Gasteiger partial charge in [-0.25, -0.2) is 0 Å². The third kappa shape index (κ3) is 1.96. The highest BCUT2D eigenvalue weighted by atomic mass is 16.3. The Bertz CT molecular complexity index is 705. The number of benzene rings is 2. The van der Waals surface area contributed by atoms with Gasteiger partial charge in [0.25, 0.3) is 0 Å². The molecule has 2 aromatic carbocycles. The molecule has 3 unspecified atom stereocenters. The lowest BCUT2D eigenvalue weighted by atomic mass is 9.68. The third-order valence-corrected chi connectivity index (χ3v) is 5.51. The van der Waals surface area contributed by atoms with Gasteiger partial charge in [0.1, 0.15) is 17.2 Å². The van der Waals surface area contributed by atoms with Gasteiger partial charge in [0.2, 0.25) is 0 Å². The Morgan fingerprint density at radius 1 is 0.773 bits per heavy atom. The van der Waals surface area contributed by atoms with E-state index in [2.05, 4.69) is 0 Å². The molecule has 0 spiro atoms. The van der Waals surface area contributed by atoms with Gasteiger partial charge in [-0.1, -0.05) is 18.6 Å². The van der Waals surface area contributed by atoms with Gasteiger partial charge < -0.3 is 15.3 Å². The average molecular weight is 296 g/mol. The van der Waals surface area contributed by atoms with Crippen LogP contribution in [0.15, 0.2) is 36.4 Å². The van der Waals surface area contributed by atoms with Crippen LogP contribution in [0.4, 0.5) is 0 Å². The van der Waals surface area contributed by atoms with Crippen molar-refractivity contribution in [2.75, 3.05) is 0 Å². The first-order chi connectivity index (χ1) is 10.6. The Morgan fingerprint density at radius 2 is 1.50 bits per heavy atom. The van der Waals surface area contributed by atoms with Crippen LogP contribution in [0.3, 0.4) is 0 Å². The molecule has 0 radical (unpaired) electrons. The molecule has 3 N–H and O–H groups in total. The van der Waals surface area contributed by atoms with Crippen LogP contribution < -0.4 is 0 Å². The second kappa shape index (κ2) is 4.94. The van der Waals surface area contributed by atoms with E-state index in [9.17, 15) is 15.3 Å². The number of fused-ring (bicyclic) bond motifs is 3. The van der Waals surface area contributed by atoms with Crippen LogP contribution in [0.5, 0.6) is 17.2 Å². The minimum absolute atomic E-state index is 0.281. The smallest absolute Gasteiger partial charge is 0.119 e. The molecule has 2 aliphatic carbocycles. The Balaban J connectivity index is 1.82. The Morgan fingerprint density at radius 3 is 2.27 bits per heavy atom. The molecule has 22 heavy (non-hydrogen) atoms. The van der Waals surface area contributed by atoms with E-state index in [1.54, 1.807) is 24.3 Å².